The van der Waals surface area contributed by atoms with Gasteiger partial charge in [-0.25, -0.2) is 0 Å². The Kier molecular flexibility index (Phi) is 2.71. The molecule has 0 bridgehead atoms. The average molecular weight is 307 g/mol. The van der Waals surface area contributed by atoms with Crippen molar-refractivity contribution in [3.8, 4) is 10.4 Å². The van der Waals surface area contributed by atoms with Crippen molar-refractivity contribution < 1.29 is 9.59 Å². The molecule has 0 fully saturated rings. The molecule has 0 unspecified atom stereocenters. The van der Waals surface area contributed by atoms with E-state index in [4.69, 9.17) is 0 Å². The summed E-state index contributed by atoms with van der Waals surface area (Å²) in [5, 5.41) is 1.87. The normalized spacial score (nSPS) is 12.9. The van der Waals surface area contributed by atoms with Gasteiger partial charge >= 0.3 is 0 Å². The number of H-pyrrole nitrogens is 1. The molecule has 0 saturated heterocycles. The van der Waals surface area contributed by atoms with E-state index in [1.165, 1.54) is 17.4 Å². The molecule has 5 heteroatoms. The van der Waals surface area contributed by atoms with Crippen molar-refractivity contribution in [3.63, 3.8) is 0 Å². The van der Waals surface area contributed by atoms with E-state index in [1.54, 1.807) is 24.3 Å². The highest BCUT2D eigenvalue weighted by atomic mass is 32.1. The molecule has 106 valence electrons. The summed E-state index contributed by atoms with van der Waals surface area (Å²) < 4.78 is 0. The molecule has 2 heterocycles. The van der Waals surface area contributed by atoms with Crippen molar-refractivity contribution >= 4 is 22.9 Å². The lowest BCUT2D eigenvalue weighted by atomic mass is 9.84. The van der Waals surface area contributed by atoms with Crippen LogP contribution in [-0.2, 0) is 0 Å². The van der Waals surface area contributed by atoms with Gasteiger partial charge < -0.3 is 4.98 Å². The Hall–Kier alpha value is -2.79. The van der Waals surface area contributed by atoms with E-state index in [9.17, 15) is 14.4 Å². The van der Waals surface area contributed by atoms with Gasteiger partial charge in [0.25, 0.3) is 0 Å². The lowest BCUT2D eigenvalue weighted by Crippen LogP contribution is -2.26. The number of carbonyl (C=O) groups excluding carboxylic acids is 2. The number of thiophene rings is 1. The SMILES string of the molecule is O=C1c2ccccc2C(=O)c2c(-c3cccs3)cc(=O)[nH]c21. The predicted octanol–water partition coefficient (Wildman–Crippen LogP) is 2.88. The maximum Gasteiger partial charge on any atom is 0.249 e. The first-order chi connectivity index (χ1) is 10.7. The first kappa shape index (κ1) is 12.9. The Bertz CT molecular complexity index is 983. The molecule has 3 aromatic rings. The van der Waals surface area contributed by atoms with Crippen LogP contribution in [0.4, 0.5) is 0 Å². The van der Waals surface area contributed by atoms with Crippen LogP contribution in [0, 0.1) is 0 Å². The molecule has 4 nitrogen and oxygen atoms in total. The molecule has 0 saturated carbocycles. The zero-order valence-corrected chi connectivity index (χ0v) is 12.1. The molecule has 1 aromatic carbocycles. The van der Waals surface area contributed by atoms with Crippen molar-refractivity contribution in [3.05, 3.63) is 80.6 Å². The largest absolute Gasteiger partial charge is 0.319 e. The fraction of sp³-hybridized carbons (Fsp3) is 0. The zero-order chi connectivity index (χ0) is 15.3. The van der Waals surface area contributed by atoms with Crippen LogP contribution >= 0.6 is 11.3 Å². The number of carbonyl (C=O) groups is 2. The summed E-state index contributed by atoms with van der Waals surface area (Å²) in [5.41, 5.74) is 1.21. The molecule has 1 N–H and O–H groups in total. The third kappa shape index (κ3) is 1.72. The zero-order valence-electron chi connectivity index (χ0n) is 11.3. The predicted molar refractivity (Wildman–Crippen MR) is 83.7 cm³/mol. The van der Waals surface area contributed by atoms with Gasteiger partial charge in [0.1, 0.15) is 5.69 Å². The maximum absolute atomic E-state index is 12.8. The maximum atomic E-state index is 12.8. The van der Waals surface area contributed by atoms with Crippen LogP contribution in [0.1, 0.15) is 32.0 Å². The number of rotatable bonds is 1. The van der Waals surface area contributed by atoms with Crippen molar-refractivity contribution in [1.29, 1.82) is 0 Å². The molecule has 22 heavy (non-hydrogen) atoms. The first-order valence-corrected chi connectivity index (χ1v) is 7.54. The summed E-state index contributed by atoms with van der Waals surface area (Å²) in [6, 6.07) is 11.7. The van der Waals surface area contributed by atoms with Crippen LogP contribution in [0.3, 0.4) is 0 Å². The summed E-state index contributed by atoms with van der Waals surface area (Å²) in [7, 11) is 0. The summed E-state index contributed by atoms with van der Waals surface area (Å²) in [6.07, 6.45) is 0. The van der Waals surface area contributed by atoms with Gasteiger partial charge in [0.05, 0.1) is 5.56 Å². The van der Waals surface area contributed by atoms with E-state index in [0.29, 0.717) is 16.7 Å². The summed E-state index contributed by atoms with van der Waals surface area (Å²) in [5.74, 6) is -0.550. The standard InChI is InChI=1S/C17H9NO3S/c19-13-8-11(12-6-3-7-22-12)14-15(18-13)17(21)10-5-2-1-4-9(10)16(14)20/h1-8H,(H,18,19). The third-order valence-electron chi connectivity index (χ3n) is 3.70. The molecule has 2 aromatic heterocycles. The summed E-state index contributed by atoms with van der Waals surface area (Å²) in [4.78, 5) is 40.7. The minimum Gasteiger partial charge on any atom is -0.319 e. The number of hydrogen-bond acceptors (Lipinski definition) is 4. The highest BCUT2D eigenvalue weighted by Crippen LogP contribution is 2.34. The van der Waals surface area contributed by atoms with Crippen molar-refractivity contribution in [2.75, 3.05) is 0 Å². The van der Waals surface area contributed by atoms with Gasteiger partial charge in [0, 0.05) is 27.6 Å². The highest BCUT2D eigenvalue weighted by molar-refractivity contribution is 7.13. The lowest BCUT2D eigenvalue weighted by Gasteiger charge is -2.19. The highest BCUT2D eigenvalue weighted by Gasteiger charge is 2.32. The Labute approximate surface area is 129 Å². The van der Waals surface area contributed by atoms with E-state index < -0.39 is 0 Å². The molecule has 1 aliphatic carbocycles. The van der Waals surface area contributed by atoms with Crippen LogP contribution in [-0.4, -0.2) is 16.6 Å². The number of hydrogen-bond donors (Lipinski definition) is 1. The van der Waals surface area contributed by atoms with Crippen molar-refractivity contribution in [2.45, 2.75) is 0 Å². The number of aromatic nitrogens is 1. The second-order valence-corrected chi connectivity index (χ2v) is 5.93. The quantitative estimate of drug-likeness (QED) is 0.588. The molecule has 0 spiro atoms. The van der Waals surface area contributed by atoms with Crippen LogP contribution in [0.25, 0.3) is 10.4 Å². The lowest BCUT2D eigenvalue weighted by molar-refractivity contribution is 0.0975. The number of ketones is 2. The van der Waals surface area contributed by atoms with Crippen LogP contribution in [0.5, 0.6) is 0 Å². The third-order valence-corrected chi connectivity index (χ3v) is 4.60. The Morgan fingerprint density at radius 1 is 0.818 bits per heavy atom. The molecule has 1 aliphatic rings. The molecule has 0 aliphatic heterocycles. The van der Waals surface area contributed by atoms with Gasteiger partial charge in [-0.05, 0) is 11.4 Å². The number of aromatic amines is 1. The van der Waals surface area contributed by atoms with Gasteiger partial charge in [0.2, 0.25) is 11.3 Å². The number of pyridine rings is 1. The topological polar surface area (TPSA) is 67.0 Å². The summed E-state index contributed by atoms with van der Waals surface area (Å²) in [6.45, 7) is 0. The number of fused-ring (bicyclic) bond motifs is 2. The van der Waals surface area contributed by atoms with Crippen LogP contribution in [0.2, 0.25) is 0 Å². The second kappa shape index (κ2) is 4.61. The fourth-order valence-corrected chi connectivity index (χ4v) is 3.49. The van der Waals surface area contributed by atoms with E-state index in [2.05, 4.69) is 4.98 Å². The molecule has 0 amide bonds. The Balaban J connectivity index is 2.09. The fourth-order valence-electron chi connectivity index (χ4n) is 2.74. The Morgan fingerprint density at radius 2 is 1.55 bits per heavy atom. The van der Waals surface area contributed by atoms with Gasteiger partial charge in [-0.3, -0.25) is 14.4 Å². The molecule has 0 atom stereocenters. The van der Waals surface area contributed by atoms with Crippen molar-refractivity contribution in [2.24, 2.45) is 0 Å². The molecule has 4 rings (SSSR count). The van der Waals surface area contributed by atoms with E-state index in [-0.39, 0.29) is 28.4 Å². The van der Waals surface area contributed by atoms with Gasteiger partial charge in [0.15, 0.2) is 5.78 Å². The first-order valence-electron chi connectivity index (χ1n) is 6.66. The van der Waals surface area contributed by atoms with E-state index in [0.717, 1.165) is 4.88 Å². The molecular weight excluding hydrogens is 298 g/mol. The summed E-state index contributed by atoms with van der Waals surface area (Å²) >= 11 is 1.43. The monoisotopic (exact) mass is 307 g/mol. The number of nitrogens with one attached hydrogen (secondary N) is 1. The Morgan fingerprint density at radius 3 is 2.23 bits per heavy atom. The number of benzene rings is 1. The minimum absolute atomic E-state index is 0.0830. The second-order valence-electron chi connectivity index (χ2n) is 4.98. The van der Waals surface area contributed by atoms with Gasteiger partial charge in [-0.2, -0.15) is 0 Å². The smallest absolute Gasteiger partial charge is 0.249 e. The van der Waals surface area contributed by atoms with Gasteiger partial charge in [-0.15, -0.1) is 11.3 Å². The van der Waals surface area contributed by atoms with E-state index in [1.807, 2.05) is 17.5 Å². The molecular formula is C17H9NO3S. The van der Waals surface area contributed by atoms with E-state index >= 15 is 0 Å². The minimum atomic E-state index is -0.386. The van der Waals surface area contributed by atoms with Crippen LogP contribution < -0.4 is 5.56 Å². The van der Waals surface area contributed by atoms with Crippen molar-refractivity contribution in [1.82, 2.24) is 4.98 Å². The molecule has 0 radical (unpaired) electrons. The van der Waals surface area contributed by atoms with Gasteiger partial charge in [-0.1, -0.05) is 30.3 Å². The average Bonchev–Trinajstić information content (AvgIpc) is 3.06. The van der Waals surface area contributed by atoms with Crippen LogP contribution in [0.15, 0.2) is 52.6 Å².